The van der Waals surface area contributed by atoms with Gasteiger partial charge in [-0.3, -0.25) is 4.79 Å². The van der Waals surface area contributed by atoms with Gasteiger partial charge in [0.25, 0.3) is 0 Å². The molecule has 1 amide bonds. The minimum Gasteiger partial charge on any atom is -0.375 e. The summed E-state index contributed by atoms with van der Waals surface area (Å²) >= 11 is 0. The SMILES string of the molecule is NC(=O)CC1CNCCO1. The van der Waals surface area contributed by atoms with Gasteiger partial charge in [0, 0.05) is 13.1 Å². The van der Waals surface area contributed by atoms with Crippen LogP contribution in [0.4, 0.5) is 0 Å². The number of ether oxygens (including phenoxy) is 1. The maximum atomic E-state index is 10.4. The second-order valence-electron chi connectivity index (χ2n) is 2.37. The molecule has 0 bridgehead atoms. The Bertz CT molecular complexity index is 121. The first-order valence-electron chi connectivity index (χ1n) is 3.39. The average Bonchev–Trinajstić information content (AvgIpc) is 1.88. The van der Waals surface area contributed by atoms with E-state index in [9.17, 15) is 4.79 Å². The Morgan fingerprint density at radius 1 is 1.80 bits per heavy atom. The van der Waals surface area contributed by atoms with Crippen molar-refractivity contribution >= 4 is 5.91 Å². The van der Waals surface area contributed by atoms with Crippen molar-refractivity contribution in [2.24, 2.45) is 5.73 Å². The van der Waals surface area contributed by atoms with Gasteiger partial charge < -0.3 is 15.8 Å². The van der Waals surface area contributed by atoms with Crippen LogP contribution >= 0.6 is 0 Å². The third-order valence-corrected chi connectivity index (χ3v) is 1.43. The number of carbonyl (C=O) groups excluding carboxylic acids is 1. The minimum atomic E-state index is -0.297. The summed E-state index contributed by atoms with van der Waals surface area (Å²) in [6.45, 7) is 2.29. The topological polar surface area (TPSA) is 64.4 Å². The van der Waals surface area contributed by atoms with Crippen LogP contribution in [0.25, 0.3) is 0 Å². The van der Waals surface area contributed by atoms with E-state index in [0.717, 1.165) is 13.1 Å². The van der Waals surface area contributed by atoms with Gasteiger partial charge in [0.05, 0.1) is 19.1 Å². The van der Waals surface area contributed by atoms with E-state index in [1.165, 1.54) is 0 Å². The molecule has 1 atom stereocenters. The molecule has 4 nitrogen and oxygen atoms in total. The molecule has 0 aromatic carbocycles. The standard InChI is InChI=1S/C6H12N2O2/c7-6(9)3-5-4-8-1-2-10-5/h5,8H,1-4H2,(H2,7,9). The second kappa shape index (κ2) is 3.53. The van der Waals surface area contributed by atoms with E-state index in [-0.39, 0.29) is 12.0 Å². The van der Waals surface area contributed by atoms with Gasteiger partial charge in [-0.1, -0.05) is 0 Å². The first-order chi connectivity index (χ1) is 4.79. The summed E-state index contributed by atoms with van der Waals surface area (Å²) in [5, 5.41) is 3.11. The van der Waals surface area contributed by atoms with E-state index in [2.05, 4.69) is 5.32 Å². The normalized spacial score (nSPS) is 26.2. The van der Waals surface area contributed by atoms with Gasteiger partial charge in [-0.25, -0.2) is 0 Å². The fourth-order valence-electron chi connectivity index (χ4n) is 0.975. The van der Waals surface area contributed by atoms with Gasteiger partial charge in [0.2, 0.25) is 5.91 Å². The van der Waals surface area contributed by atoms with E-state index in [1.807, 2.05) is 0 Å². The molecule has 58 valence electrons. The quantitative estimate of drug-likeness (QED) is 0.514. The monoisotopic (exact) mass is 144 g/mol. The van der Waals surface area contributed by atoms with Crippen LogP contribution in [0.3, 0.4) is 0 Å². The van der Waals surface area contributed by atoms with Crippen molar-refractivity contribution in [3.8, 4) is 0 Å². The van der Waals surface area contributed by atoms with Gasteiger partial charge in [0.1, 0.15) is 0 Å². The van der Waals surface area contributed by atoms with Crippen LogP contribution < -0.4 is 11.1 Å². The number of carbonyl (C=O) groups is 1. The van der Waals surface area contributed by atoms with Crippen LogP contribution in [0.15, 0.2) is 0 Å². The molecule has 0 aliphatic carbocycles. The van der Waals surface area contributed by atoms with Crippen molar-refractivity contribution in [1.82, 2.24) is 5.32 Å². The molecule has 1 rings (SSSR count). The molecule has 0 aromatic rings. The van der Waals surface area contributed by atoms with E-state index in [4.69, 9.17) is 10.5 Å². The molecule has 1 aliphatic heterocycles. The zero-order valence-electron chi connectivity index (χ0n) is 5.80. The molecule has 1 fully saturated rings. The summed E-state index contributed by atoms with van der Waals surface area (Å²) in [4.78, 5) is 10.4. The van der Waals surface area contributed by atoms with Crippen molar-refractivity contribution in [2.75, 3.05) is 19.7 Å². The zero-order valence-corrected chi connectivity index (χ0v) is 5.80. The number of hydrogen-bond acceptors (Lipinski definition) is 3. The number of hydrogen-bond donors (Lipinski definition) is 2. The maximum Gasteiger partial charge on any atom is 0.220 e. The number of nitrogens with one attached hydrogen (secondary N) is 1. The number of amides is 1. The van der Waals surface area contributed by atoms with Gasteiger partial charge in [0.15, 0.2) is 0 Å². The Kier molecular flexibility index (Phi) is 2.65. The van der Waals surface area contributed by atoms with Crippen LogP contribution in [0.5, 0.6) is 0 Å². The lowest BCUT2D eigenvalue weighted by molar-refractivity contribution is -0.121. The molecule has 4 heteroatoms. The average molecular weight is 144 g/mol. The third-order valence-electron chi connectivity index (χ3n) is 1.43. The molecule has 1 saturated heterocycles. The van der Waals surface area contributed by atoms with Gasteiger partial charge in [-0.05, 0) is 0 Å². The van der Waals surface area contributed by atoms with Gasteiger partial charge in [-0.2, -0.15) is 0 Å². The number of nitrogens with two attached hydrogens (primary N) is 1. The van der Waals surface area contributed by atoms with E-state index >= 15 is 0 Å². The fourth-order valence-corrected chi connectivity index (χ4v) is 0.975. The van der Waals surface area contributed by atoms with Gasteiger partial charge in [-0.15, -0.1) is 0 Å². The molecule has 0 spiro atoms. The smallest absolute Gasteiger partial charge is 0.220 e. The molecule has 0 aromatic heterocycles. The molecule has 3 N–H and O–H groups in total. The third kappa shape index (κ3) is 2.33. The number of rotatable bonds is 2. The maximum absolute atomic E-state index is 10.4. The second-order valence-corrected chi connectivity index (χ2v) is 2.37. The lowest BCUT2D eigenvalue weighted by atomic mass is 10.2. The van der Waals surface area contributed by atoms with Crippen LogP contribution in [0.1, 0.15) is 6.42 Å². The number of primary amides is 1. The van der Waals surface area contributed by atoms with Crippen molar-refractivity contribution in [3.63, 3.8) is 0 Å². The van der Waals surface area contributed by atoms with Crippen LogP contribution in [-0.2, 0) is 9.53 Å². The van der Waals surface area contributed by atoms with Crippen LogP contribution in [0, 0.1) is 0 Å². The highest BCUT2D eigenvalue weighted by molar-refractivity contribution is 5.74. The lowest BCUT2D eigenvalue weighted by Gasteiger charge is -2.22. The first kappa shape index (κ1) is 7.50. The molecule has 1 unspecified atom stereocenters. The Balaban J connectivity index is 2.19. The molecule has 0 radical (unpaired) electrons. The summed E-state index contributed by atoms with van der Waals surface area (Å²) in [6.07, 6.45) is 0.318. The van der Waals surface area contributed by atoms with Crippen LogP contribution in [-0.4, -0.2) is 31.7 Å². The van der Waals surface area contributed by atoms with E-state index < -0.39 is 0 Å². The predicted octanol–water partition coefficient (Wildman–Crippen LogP) is -1.15. The molecule has 10 heavy (non-hydrogen) atoms. The van der Waals surface area contributed by atoms with Crippen molar-refractivity contribution in [3.05, 3.63) is 0 Å². The minimum absolute atomic E-state index is 0.00810. The highest BCUT2D eigenvalue weighted by Gasteiger charge is 2.14. The molecule has 1 heterocycles. The highest BCUT2D eigenvalue weighted by atomic mass is 16.5. The predicted molar refractivity (Wildman–Crippen MR) is 36.4 cm³/mol. The summed E-state index contributed by atoms with van der Waals surface area (Å²) in [5.74, 6) is -0.297. The Labute approximate surface area is 59.7 Å². The van der Waals surface area contributed by atoms with E-state index in [0.29, 0.717) is 13.0 Å². The Morgan fingerprint density at radius 2 is 2.60 bits per heavy atom. The number of morpholine rings is 1. The highest BCUT2D eigenvalue weighted by Crippen LogP contribution is 1.99. The van der Waals surface area contributed by atoms with Crippen LogP contribution in [0.2, 0.25) is 0 Å². The summed E-state index contributed by atoms with van der Waals surface area (Å²) < 4.78 is 5.23. The molecular weight excluding hydrogens is 132 g/mol. The lowest BCUT2D eigenvalue weighted by Crippen LogP contribution is -2.40. The van der Waals surface area contributed by atoms with Crippen molar-refractivity contribution < 1.29 is 9.53 Å². The first-order valence-corrected chi connectivity index (χ1v) is 3.39. The van der Waals surface area contributed by atoms with Crippen molar-refractivity contribution in [1.29, 1.82) is 0 Å². The molecule has 1 aliphatic rings. The van der Waals surface area contributed by atoms with Gasteiger partial charge >= 0.3 is 0 Å². The van der Waals surface area contributed by atoms with Crippen molar-refractivity contribution in [2.45, 2.75) is 12.5 Å². The molecular formula is C6H12N2O2. The summed E-state index contributed by atoms with van der Waals surface area (Å²) in [6, 6.07) is 0. The van der Waals surface area contributed by atoms with E-state index in [1.54, 1.807) is 0 Å². The Hall–Kier alpha value is -0.610. The fraction of sp³-hybridized carbons (Fsp3) is 0.833. The largest absolute Gasteiger partial charge is 0.375 e. The summed E-state index contributed by atoms with van der Waals surface area (Å²) in [7, 11) is 0. The molecule has 0 saturated carbocycles. The summed E-state index contributed by atoms with van der Waals surface area (Å²) in [5.41, 5.74) is 4.98. The zero-order chi connectivity index (χ0) is 7.40. The Morgan fingerprint density at radius 3 is 3.10 bits per heavy atom.